The van der Waals surface area contributed by atoms with Crippen molar-refractivity contribution < 1.29 is 8.78 Å². The lowest BCUT2D eigenvalue weighted by Gasteiger charge is -2.09. The Morgan fingerprint density at radius 1 is 1.28 bits per heavy atom. The Bertz CT molecular complexity index is 942. The topological polar surface area (TPSA) is 55.6 Å². The van der Waals surface area contributed by atoms with Gasteiger partial charge in [0, 0.05) is 19.0 Å². The molecule has 0 spiro atoms. The lowest BCUT2D eigenvalue weighted by atomic mass is 10.1. The molecule has 1 fully saturated rings. The third-order valence-electron chi connectivity index (χ3n) is 4.33. The predicted molar refractivity (Wildman–Crippen MR) is 93.8 cm³/mol. The Kier molecular flexibility index (Phi) is 4.07. The Morgan fingerprint density at radius 2 is 2.12 bits per heavy atom. The first-order chi connectivity index (χ1) is 12.1. The summed E-state index contributed by atoms with van der Waals surface area (Å²) in [5, 5.41) is 9.24. The van der Waals surface area contributed by atoms with Gasteiger partial charge >= 0.3 is 0 Å². The second-order valence-electron chi connectivity index (χ2n) is 6.06. The summed E-state index contributed by atoms with van der Waals surface area (Å²) in [7, 11) is 1.85. The fraction of sp³-hybridized carbons (Fsp3) is 0.353. The van der Waals surface area contributed by atoms with Crippen LogP contribution in [0.2, 0.25) is 0 Å². The van der Waals surface area contributed by atoms with E-state index in [1.807, 2.05) is 7.05 Å². The highest BCUT2D eigenvalue weighted by atomic mass is 32.2. The van der Waals surface area contributed by atoms with E-state index < -0.39 is 11.6 Å². The molecule has 3 aromatic rings. The minimum atomic E-state index is -0.817. The monoisotopic (exact) mass is 361 g/mol. The summed E-state index contributed by atoms with van der Waals surface area (Å²) in [5.74, 6) is 0.150. The van der Waals surface area contributed by atoms with Crippen molar-refractivity contribution in [3.8, 4) is 0 Å². The van der Waals surface area contributed by atoms with Crippen molar-refractivity contribution in [2.45, 2.75) is 30.5 Å². The molecule has 2 atom stereocenters. The number of aromatic nitrogens is 4. The molecule has 0 bridgehead atoms. The van der Waals surface area contributed by atoms with E-state index in [-0.39, 0.29) is 12.0 Å². The first-order valence-electron chi connectivity index (χ1n) is 8.11. The minimum Gasteiger partial charge on any atom is -0.366 e. The summed E-state index contributed by atoms with van der Waals surface area (Å²) >= 11 is 1.57. The van der Waals surface area contributed by atoms with Crippen LogP contribution in [0.25, 0.3) is 11.0 Å². The third-order valence-corrected chi connectivity index (χ3v) is 5.06. The summed E-state index contributed by atoms with van der Waals surface area (Å²) in [5.41, 5.74) is 1.58. The average molecular weight is 361 g/mol. The maximum absolute atomic E-state index is 13.4. The van der Waals surface area contributed by atoms with E-state index in [0.717, 1.165) is 34.6 Å². The van der Waals surface area contributed by atoms with Crippen molar-refractivity contribution in [2.24, 2.45) is 7.05 Å². The number of fused-ring (bicyclic) bond motifs is 1. The van der Waals surface area contributed by atoms with E-state index in [1.165, 1.54) is 12.1 Å². The number of hydrogen-bond acceptors (Lipinski definition) is 5. The largest absolute Gasteiger partial charge is 0.366 e. The first-order valence-corrected chi connectivity index (χ1v) is 9.09. The van der Waals surface area contributed by atoms with Crippen LogP contribution in [0.15, 0.2) is 29.6 Å². The molecule has 8 heteroatoms. The molecule has 0 saturated heterocycles. The Labute approximate surface area is 147 Å². The number of rotatable bonds is 5. The summed E-state index contributed by atoms with van der Waals surface area (Å²) in [6, 6.07) is 4.24. The summed E-state index contributed by atoms with van der Waals surface area (Å²) in [6.07, 6.45) is 2.60. The molecule has 2 aromatic heterocycles. The molecule has 0 radical (unpaired) electrons. The Hall–Kier alpha value is -2.22. The van der Waals surface area contributed by atoms with Crippen molar-refractivity contribution >= 4 is 28.6 Å². The van der Waals surface area contributed by atoms with Gasteiger partial charge in [-0.15, -0.1) is 0 Å². The van der Waals surface area contributed by atoms with Gasteiger partial charge in [0.1, 0.15) is 5.82 Å². The molecule has 1 aliphatic carbocycles. The number of aryl methyl sites for hydroxylation is 1. The van der Waals surface area contributed by atoms with E-state index in [1.54, 1.807) is 28.7 Å². The van der Waals surface area contributed by atoms with E-state index in [0.29, 0.717) is 5.16 Å². The van der Waals surface area contributed by atoms with Gasteiger partial charge in [0.2, 0.25) is 0 Å². The maximum atomic E-state index is 13.4. The van der Waals surface area contributed by atoms with Gasteiger partial charge in [-0.3, -0.25) is 4.68 Å². The quantitative estimate of drug-likeness (QED) is 0.554. The molecule has 2 heterocycles. The fourth-order valence-electron chi connectivity index (χ4n) is 2.95. The van der Waals surface area contributed by atoms with Crippen molar-refractivity contribution in [3.05, 3.63) is 41.6 Å². The molecule has 130 valence electrons. The molecule has 0 unspecified atom stereocenters. The molecule has 25 heavy (non-hydrogen) atoms. The molecule has 1 aromatic carbocycles. The zero-order chi connectivity index (χ0) is 17.6. The van der Waals surface area contributed by atoms with Crippen LogP contribution in [0.4, 0.5) is 14.6 Å². The summed E-state index contributed by atoms with van der Waals surface area (Å²) in [4.78, 5) is 9.13. The van der Waals surface area contributed by atoms with Crippen molar-refractivity contribution in [2.75, 3.05) is 11.1 Å². The van der Waals surface area contributed by atoms with Crippen LogP contribution < -0.4 is 5.32 Å². The van der Waals surface area contributed by atoms with Crippen molar-refractivity contribution in [1.82, 2.24) is 19.7 Å². The molecule has 0 amide bonds. The normalized spacial score (nSPS) is 19.4. The minimum absolute atomic E-state index is 0.141. The van der Waals surface area contributed by atoms with Crippen LogP contribution in [0.5, 0.6) is 0 Å². The first kappa shape index (κ1) is 16.3. The van der Waals surface area contributed by atoms with Gasteiger partial charge in [-0.1, -0.05) is 24.8 Å². The summed E-state index contributed by atoms with van der Waals surface area (Å²) < 4.78 is 28.3. The number of thioether (sulfide) groups is 1. The SMILES string of the molecule is CCSc1nc(N[C@@H]2C[C@H]2c2ccc(F)c(F)c2)c2cnn(C)c2n1. The van der Waals surface area contributed by atoms with Crippen LogP contribution in [0.1, 0.15) is 24.8 Å². The Balaban J connectivity index is 1.60. The van der Waals surface area contributed by atoms with E-state index in [4.69, 9.17) is 0 Å². The molecule has 0 aliphatic heterocycles. The van der Waals surface area contributed by atoms with Gasteiger partial charge < -0.3 is 5.32 Å². The Morgan fingerprint density at radius 3 is 2.88 bits per heavy atom. The van der Waals surface area contributed by atoms with Crippen LogP contribution in [0, 0.1) is 11.6 Å². The summed E-state index contributed by atoms with van der Waals surface area (Å²) in [6.45, 7) is 2.05. The van der Waals surface area contributed by atoms with Crippen LogP contribution in [0.3, 0.4) is 0 Å². The van der Waals surface area contributed by atoms with Crippen molar-refractivity contribution in [1.29, 1.82) is 0 Å². The van der Waals surface area contributed by atoms with E-state index in [9.17, 15) is 8.78 Å². The van der Waals surface area contributed by atoms with Gasteiger partial charge in [-0.25, -0.2) is 18.7 Å². The second-order valence-corrected chi connectivity index (χ2v) is 7.29. The fourth-order valence-corrected chi connectivity index (χ4v) is 3.51. The zero-order valence-electron chi connectivity index (χ0n) is 13.8. The van der Waals surface area contributed by atoms with Crippen LogP contribution in [-0.4, -0.2) is 31.5 Å². The standard InChI is InChI=1S/C17H17F2N5S/c1-3-25-17-22-15(11-8-20-24(2)16(11)23-17)21-14-7-10(14)9-4-5-12(18)13(19)6-9/h4-6,8,10,14H,3,7H2,1-2H3,(H,21,22,23)/t10-,14+/m0/s1. The van der Waals surface area contributed by atoms with Gasteiger partial charge in [0.25, 0.3) is 0 Å². The molecule has 1 aliphatic rings. The smallest absolute Gasteiger partial charge is 0.191 e. The molecular weight excluding hydrogens is 344 g/mol. The van der Waals surface area contributed by atoms with Gasteiger partial charge in [-0.2, -0.15) is 5.10 Å². The number of nitrogens with one attached hydrogen (secondary N) is 1. The molecule has 1 saturated carbocycles. The van der Waals surface area contributed by atoms with E-state index >= 15 is 0 Å². The molecule has 5 nitrogen and oxygen atoms in total. The number of halogens is 2. The van der Waals surface area contributed by atoms with Gasteiger partial charge in [-0.05, 0) is 29.9 Å². The molecule has 1 N–H and O–H groups in total. The van der Waals surface area contributed by atoms with E-state index in [2.05, 4.69) is 27.3 Å². The highest BCUT2D eigenvalue weighted by molar-refractivity contribution is 7.99. The highest BCUT2D eigenvalue weighted by Gasteiger charge is 2.39. The average Bonchev–Trinajstić information content (AvgIpc) is 3.25. The second kappa shape index (κ2) is 6.25. The number of anilines is 1. The lowest BCUT2D eigenvalue weighted by Crippen LogP contribution is -2.08. The number of hydrogen-bond donors (Lipinski definition) is 1. The molecular formula is C17H17F2N5S. The van der Waals surface area contributed by atoms with Crippen LogP contribution in [-0.2, 0) is 7.05 Å². The highest BCUT2D eigenvalue weighted by Crippen LogP contribution is 2.43. The number of benzene rings is 1. The third kappa shape index (κ3) is 3.06. The van der Waals surface area contributed by atoms with Crippen molar-refractivity contribution in [3.63, 3.8) is 0 Å². The lowest BCUT2D eigenvalue weighted by molar-refractivity contribution is 0.507. The molecule has 4 rings (SSSR count). The predicted octanol–water partition coefficient (Wildman–Crippen LogP) is 3.72. The zero-order valence-corrected chi connectivity index (χ0v) is 14.6. The van der Waals surface area contributed by atoms with Crippen LogP contribution >= 0.6 is 11.8 Å². The van der Waals surface area contributed by atoms with Gasteiger partial charge in [0.15, 0.2) is 22.4 Å². The van der Waals surface area contributed by atoms with Gasteiger partial charge in [0.05, 0.1) is 11.6 Å². The maximum Gasteiger partial charge on any atom is 0.191 e. The number of nitrogens with zero attached hydrogens (tertiary/aromatic N) is 4.